The summed E-state index contributed by atoms with van der Waals surface area (Å²) in [6.45, 7) is 6.71. The lowest BCUT2D eigenvalue weighted by Gasteiger charge is -2.41. The van der Waals surface area contributed by atoms with E-state index >= 15 is 0 Å². The number of Topliss-reactive ketones (excluding diaryl/α,β-unsaturated/α-hetero) is 1. The second kappa shape index (κ2) is 12.5. The highest BCUT2D eigenvalue weighted by atomic mass is 16.5. The smallest absolute Gasteiger partial charge is 0.213 e. The number of carbonyl (C=O) groups excluding carboxylic acids is 1. The Bertz CT molecular complexity index is 1900. The van der Waals surface area contributed by atoms with E-state index in [2.05, 4.69) is 43.5 Å². The third kappa shape index (κ3) is 5.54. The Morgan fingerprint density at radius 2 is 1.74 bits per heavy atom. The van der Waals surface area contributed by atoms with Gasteiger partial charge in [-0.1, -0.05) is 12.1 Å². The fraction of sp³-hybridized carbons (Fsp3) is 0.444. The maximum absolute atomic E-state index is 13.6. The predicted octanol–water partition coefficient (Wildman–Crippen LogP) is 5.31. The Labute approximate surface area is 270 Å². The summed E-state index contributed by atoms with van der Waals surface area (Å²) in [5.41, 5.74) is 6.18. The van der Waals surface area contributed by atoms with Crippen molar-refractivity contribution in [2.24, 2.45) is 7.05 Å². The lowest BCUT2D eigenvalue weighted by atomic mass is 9.84. The molecule has 240 valence electrons. The number of ether oxygens (including phenoxy) is 2. The molecule has 0 unspecified atom stereocenters. The van der Waals surface area contributed by atoms with Crippen molar-refractivity contribution in [3.63, 3.8) is 0 Å². The van der Waals surface area contributed by atoms with Gasteiger partial charge in [0, 0.05) is 86.6 Å². The van der Waals surface area contributed by atoms with Gasteiger partial charge in [-0.05, 0) is 51.8 Å². The van der Waals surface area contributed by atoms with Gasteiger partial charge >= 0.3 is 0 Å². The minimum Gasteiger partial charge on any atom is -0.496 e. The zero-order chi connectivity index (χ0) is 31.9. The third-order valence-electron chi connectivity index (χ3n) is 10.2. The highest BCUT2D eigenvalue weighted by molar-refractivity contribution is 6.01. The van der Waals surface area contributed by atoms with Gasteiger partial charge in [-0.25, -0.2) is 9.97 Å². The van der Waals surface area contributed by atoms with Crippen LogP contribution in [0.1, 0.15) is 59.2 Å². The zero-order valence-corrected chi connectivity index (χ0v) is 27.5. The molecule has 0 bridgehead atoms. The maximum Gasteiger partial charge on any atom is 0.213 e. The molecule has 2 aliphatic rings. The number of nitrogens with zero attached hydrogens (tertiary/aromatic N) is 7. The molecule has 10 heteroatoms. The van der Waals surface area contributed by atoms with Gasteiger partial charge < -0.3 is 18.9 Å². The van der Waals surface area contributed by atoms with Crippen LogP contribution in [-0.2, 0) is 13.5 Å². The number of ketones is 1. The van der Waals surface area contributed by atoms with Gasteiger partial charge in [0.2, 0.25) is 5.88 Å². The van der Waals surface area contributed by atoms with E-state index in [0.717, 1.165) is 70.7 Å². The number of imidazole rings is 1. The first-order chi connectivity index (χ1) is 22.3. The number of hydrogen-bond acceptors (Lipinski definition) is 8. The monoisotopic (exact) mass is 621 g/mol. The maximum atomic E-state index is 13.6. The van der Waals surface area contributed by atoms with E-state index in [4.69, 9.17) is 14.5 Å². The van der Waals surface area contributed by atoms with Crippen molar-refractivity contribution in [1.29, 1.82) is 0 Å². The average molecular weight is 622 g/mol. The number of pyridine rings is 1. The summed E-state index contributed by atoms with van der Waals surface area (Å²) < 4.78 is 15.3. The van der Waals surface area contributed by atoms with Crippen LogP contribution >= 0.6 is 0 Å². The summed E-state index contributed by atoms with van der Waals surface area (Å²) in [6.07, 6.45) is 10.6. The van der Waals surface area contributed by atoms with E-state index in [1.165, 1.54) is 25.9 Å². The summed E-state index contributed by atoms with van der Waals surface area (Å²) in [4.78, 5) is 32.9. The molecule has 5 aromatic rings. The number of benzene rings is 1. The molecular weight excluding hydrogens is 578 g/mol. The molecule has 1 aliphatic carbocycles. The third-order valence-corrected chi connectivity index (χ3v) is 10.2. The van der Waals surface area contributed by atoms with E-state index < -0.39 is 0 Å². The van der Waals surface area contributed by atoms with Crippen molar-refractivity contribution < 1.29 is 14.3 Å². The van der Waals surface area contributed by atoms with Gasteiger partial charge in [-0.2, -0.15) is 0 Å². The van der Waals surface area contributed by atoms with Gasteiger partial charge in [0.15, 0.2) is 5.78 Å². The topological polar surface area (TPSA) is 90.0 Å². The molecular formula is C36H43N7O3. The van der Waals surface area contributed by atoms with Crippen LogP contribution in [0.4, 0.5) is 0 Å². The van der Waals surface area contributed by atoms with Crippen LogP contribution in [0.25, 0.3) is 27.7 Å². The molecule has 0 radical (unpaired) electrons. The molecule has 0 N–H and O–H groups in total. The van der Waals surface area contributed by atoms with Crippen molar-refractivity contribution in [3.05, 3.63) is 71.7 Å². The minimum absolute atomic E-state index is 0.00525. The van der Waals surface area contributed by atoms with Crippen molar-refractivity contribution in [1.82, 2.24) is 33.7 Å². The van der Waals surface area contributed by atoms with Crippen LogP contribution in [0.5, 0.6) is 11.6 Å². The molecule has 7 rings (SSSR count). The van der Waals surface area contributed by atoms with Gasteiger partial charge in [0.1, 0.15) is 11.6 Å². The lowest BCUT2D eigenvalue weighted by molar-refractivity contribution is 0.0872. The number of methoxy groups -OCH3 is 2. The van der Waals surface area contributed by atoms with Crippen LogP contribution in [0.3, 0.4) is 0 Å². The van der Waals surface area contributed by atoms with Gasteiger partial charge in [0.25, 0.3) is 0 Å². The summed E-state index contributed by atoms with van der Waals surface area (Å²) in [5.74, 6) is 2.72. The van der Waals surface area contributed by atoms with Crippen LogP contribution in [-0.4, -0.2) is 93.0 Å². The highest BCUT2D eigenvalue weighted by Gasteiger charge is 2.31. The van der Waals surface area contributed by atoms with E-state index in [1.807, 2.05) is 49.0 Å². The fourth-order valence-electron chi connectivity index (χ4n) is 7.49. The number of likely N-dealkylation sites (N-methyl/N-ethyl adjacent to an activating group) is 1. The molecule has 46 heavy (non-hydrogen) atoms. The molecule has 1 aliphatic heterocycles. The lowest BCUT2D eigenvalue weighted by Crippen LogP contribution is -2.49. The Hall–Kier alpha value is -4.28. The molecule has 1 saturated carbocycles. The van der Waals surface area contributed by atoms with Gasteiger partial charge in [0.05, 0.1) is 48.5 Å². The quantitative estimate of drug-likeness (QED) is 0.216. The molecule has 1 aromatic carbocycles. The SMILES string of the molecule is COc1cc2cc(C(=O)Cc3ccc(-c4nc(C5CCC(N6CCN(C)CC6)CC5)n5ccnc(C)c45)cc3OC)n(C)c2cn1. The Balaban J connectivity index is 1.15. The Kier molecular flexibility index (Phi) is 8.25. The molecule has 4 aromatic heterocycles. The van der Waals surface area contributed by atoms with Gasteiger partial charge in [-0.3, -0.25) is 19.1 Å². The van der Waals surface area contributed by atoms with Crippen molar-refractivity contribution >= 4 is 22.2 Å². The first-order valence-electron chi connectivity index (χ1n) is 16.3. The molecule has 0 atom stereocenters. The predicted molar refractivity (Wildman–Crippen MR) is 179 cm³/mol. The minimum atomic E-state index is 0.00525. The molecule has 0 amide bonds. The largest absolute Gasteiger partial charge is 0.496 e. The van der Waals surface area contributed by atoms with Crippen LogP contribution in [0, 0.1) is 6.92 Å². The molecule has 5 heterocycles. The standard InChI is InChI=1S/C36H43N7O3/c1-23-35-34(39-36(43(35)13-12-37-23)24-8-10-28(11-9-24)42-16-14-40(2)15-17-42)26-7-6-25(32(20-26)45-4)19-31(44)29-18-27-21-33(46-5)38-22-30(27)41(29)3/h6-7,12-13,18,20-22,24,28H,8-11,14-17,19H2,1-5H3. The fourth-order valence-corrected chi connectivity index (χ4v) is 7.49. The Morgan fingerprint density at radius 1 is 0.957 bits per heavy atom. The van der Waals surface area contributed by atoms with E-state index in [-0.39, 0.29) is 12.2 Å². The number of aromatic nitrogens is 5. The normalized spacial score (nSPS) is 19.6. The second-order valence-corrected chi connectivity index (χ2v) is 12.9. The molecule has 1 saturated heterocycles. The van der Waals surface area contributed by atoms with Crippen LogP contribution < -0.4 is 9.47 Å². The summed E-state index contributed by atoms with van der Waals surface area (Å²) in [7, 11) is 7.35. The molecule has 10 nitrogen and oxygen atoms in total. The summed E-state index contributed by atoms with van der Waals surface area (Å²) in [5, 5.41) is 0.916. The van der Waals surface area contributed by atoms with Crippen molar-refractivity contribution in [2.45, 2.75) is 51.0 Å². The van der Waals surface area contributed by atoms with Gasteiger partial charge in [-0.15, -0.1) is 0 Å². The number of fused-ring (bicyclic) bond motifs is 2. The summed E-state index contributed by atoms with van der Waals surface area (Å²) in [6, 6.07) is 10.5. The highest BCUT2D eigenvalue weighted by Crippen LogP contribution is 2.39. The number of rotatable bonds is 8. The number of hydrogen-bond donors (Lipinski definition) is 0. The van der Waals surface area contributed by atoms with E-state index in [9.17, 15) is 4.79 Å². The second-order valence-electron chi connectivity index (χ2n) is 12.9. The zero-order valence-electron chi connectivity index (χ0n) is 27.5. The Morgan fingerprint density at radius 3 is 2.48 bits per heavy atom. The van der Waals surface area contributed by atoms with Crippen molar-refractivity contribution in [3.8, 4) is 22.9 Å². The molecule has 0 spiro atoms. The van der Waals surface area contributed by atoms with Crippen molar-refractivity contribution in [2.75, 3.05) is 47.4 Å². The first kappa shape index (κ1) is 30.4. The van der Waals surface area contributed by atoms with E-state index in [1.54, 1.807) is 20.4 Å². The number of piperazine rings is 1. The first-order valence-corrected chi connectivity index (χ1v) is 16.3. The number of carbonyl (C=O) groups is 1. The molecule has 2 fully saturated rings. The van der Waals surface area contributed by atoms with Crippen LogP contribution in [0.2, 0.25) is 0 Å². The average Bonchev–Trinajstić information content (AvgIpc) is 3.64. The van der Waals surface area contributed by atoms with E-state index in [0.29, 0.717) is 29.3 Å². The summed E-state index contributed by atoms with van der Waals surface area (Å²) >= 11 is 0. The van der Waals surface area contributed by atoms with Crippen LogP contribution in [0.15, 0.2) is 48.9 Å². The number of aryl methyl sites for hydroxylation is 2.